The summed E-state index contributed by atoms with van der Waals surface area (Å²) in [6.45, 7) is 3.39. The predicted octanol–water partition coefficient (Wildman–Crippen LogP) is 2.08. The van der Waals surface area contributed by atoms with Crippen molar-refractivity contribution in [3.05, 3.63) is 15.3 Å². The smallest absolute Gasteiger partial charge is 0.0523 e. The number of nitroso groups, excluding NO2 is 1. The highest BCUT2D eigenvalue weighted by molar-refractivity contribution is 4.54. The molecule has 0 amide bonds. The number of hydrogen-bond donors (Lipinski definition) is 0. The third kappa shape index (κ3) is 5.49. The van der Waals surface area contributed by atoms with Gasteiger partial charge in [-0.15, -0.1) is 4.91 Å². The van der Waals surface area contributed by atoms with E-state index < -0.39 is 0 Å². The van der Waals surface area contributed by atoms with Crippen molar-refractivity contribution in [2.45, 2.75) is 19.8 Å². The standard InChI is InChI=1S/C6H13N5O/c1-2-3-5-11(10-12)6-4-8-9-7/h2-6H2,1H3. The number of unbranched alkanes of at least 4 members (excludes halogenated alkanes) is 1. The molecular formula is C6H13N5O. The first-order valence-corrected chi connectivity index (χ1v) is 3.94. The van der Waals surface area contributed by atoms with E-state index in [0.29, 0.717) is 19.6 Å². The minimum absolute atomic E-state index is 0.298. The highest BCUT2D eigenvalue weighted by Crippen LogP contribution is 1.94. The maximum Gasteiger partial charge on any atom is 0.0523 e. The van der Waals surface area contributed by atoms with Gasteiger partial charge in [0.2, 0.25) is 0 Å². The van der Waals surface area contributed by atoms with Gasteiger partial charge in [-0.2, -0.15) is 0 Å². The lowest BCUT2D eigenvalue weighted by molar-refractivity contribution is 0.287. The van der Waals surface area contributed by atoms with Crippen LogP contribution in [0.1, 0.15) is 19.8 Å². The Labute approximate surface area is 71.1 Å². The van der Waals surface area contributed by atoms with Crippen molar-refractivity contribution < 1.29 is 0 Å². The lowest BCUT2D eigenvalue weighted by Gasteiger charge is -2.12. The highest BCUT2D eigenvalue weighted by Gasteiger charge is 1.99. The highest BCUT2D eigenvalue weighted by atomic mass is 16.3. The summed E-state index contributed by atoms with van der Waals surface area (Å²) >= 11 is 0. The van der Waals surface area contributed by atoms with Crippen molar-refractivity contribution >= 4 is 0 Å². The molecule has 0 spiro atoms. The van der Waals surface area contributed by atoms with E-state index in [-0.39, 0.29) is 0 Å². The first kappa shape index (κ1) is 10.7. The molecule has 0 saturated heterocycles. The Bertz CT molecular complexity index is 165. The second-order valence-electron chi connectivity index (χ2n) is 2.34. The molecule has 0 aromatic rings. The second-order valence-corrected chi connectivity index (χ2v) is 2.34. The zero-order chi connectivity index (χ0) is 9.23. The van der Waals surface area contributed by atoms with Gasteiger partial charge in [-0.3, -0.25) is 5.01 Å². The predicted molar refractivity (Wildman–Crippen MR) is 46.3 cm³/mol. The molecule has 0 fully saturated rings. The van der Waals surface area contributed by atoms with E-state index in [1.165, 1.54) is 5.01 Å². The fourth-order valence-electron chi connectivity index (χ4n) is 0.739. The number of rotatable bonds is 7. The number of azide groups is 1. The Morgan fingerprint density at radius 1 is 1.50 bits per heavy atom. The first-order valence-electron chi connectivity index (χ1n) is 3.94. The van der Waals surface area contributed by atoms with Crippen LogP contribution in [-0.2, 0) is 0 Å². The Kier molecular flexibility index (Phi) is 6.97. The summed E-state index contributed by atoms with van der Waals surface area (Å²) in [5.41, 5.74) is 7.96. The lowest BCUT2D eigenvalue weighted by Crippen LogP contribution is -2.20. The molecule has 0 radical (unpaired) electrons. The van der Waals surface area contributed by atoms with Crippen LogP contribution in [0.2, 0.25) is 0 Å². The fraction of sp³-hybridized carbons (Fsp3) is 1.00. The van der Waals surface area contributed by atoms with Crippen LogP contribution >= 0.6 is 0 Å². The van der Waals surface area contributed by atoms with Crippen LogP contribution in [0.4, 0.5) is 0 Å². The van der Waals surface area contributed by atoms with Gasteiger partial charge >= 0.3 is 0 Å². The van der Waals surface area contributed by atoms with E-state index in [1.807, 2.05) is 6.92 Å². The van der Waals surface area contributed by atoms with Gasteiger partial charge in [-0.25, -0.2) is 0 Å². The second kappa shape index (κ2) is 7.81. The largest absolute Gasteiger partial charge is 0.261 e. The average molecular weight is 171 g/mol. The summed E-state index contributed by atoms with van der Waals surface area (Å²) in [5.74, 6) is 0. The molecule has 0 aliphatic rings. The van der Waals surface area contributed by atoms with Crippen LogP contribution in [0.3, 0.4) is 0 Å². The third-order valence-electron chi connectivity index (χ3n) is 1.41. The number of hydrogen-bond acceptors (Lipinski definition) is 3. The Morgan fingerprint density at radius 3 is 2.75 bits per heavy atom. The molecule has 6 nitrogen and oxygen atoms in total. The van der Waals surface area contributed by atoms with Crippen molar-refractivity contribution in [3.8, 4) is 0 Å². The van der Waals surface area contributed by atoms with Gasteiger partial charge < -0.3 is 0 Å². The molecule has 0 unspecified atom stereocenters. The van der Waals surface area contributed by atoms with Crippen LogP contribution in [0.25, 0.3) is 10.4 Å². The van der Waals surface area contributed by atoms with Crippen LogP contribution in [0.5, 0.6) is 0 Å². The monoisotopic (exact) mass is 171 g/mol. The average Bonchev–Trinajstić information content (AvgIpc) is 2.11. The quantitative estimate of drug-likeness (QED) is 0.193. The molecule has 0 atom stereocenters. The summed E-state index contributed by atoms with van der Waals surface area (Å²) in [7, 11) is 0. The maximum absolute atomic E-state index is 10.1. The van der Waals surface area contributed by atoms with Gasteiger partial charge in [0.1, 0.15) is 0 Å². The van der Waals surface area contributed by atoms with Crippen LogP contribution < -0.4 is 0 Å². The van der Waals surface area contributed by atoms with Gasteiger partial charge in [0.15, 0.2) is 0 Å². The van der Waals surface area contributed by atoms with Crippen LogP contribution in [0, 0.1) is 4.91 Å². The first-order chi connectivity index (χ1) is 5.85. The van der Waals surface area contributed by atoms with E-state index in [0.717, 1.165) is 12.8 Å². The van der Waals surface area contributed by atoms with Crippen LogP contribution in [0.15, 0.2) is 10.4 Å². The van der Waals surface area contributed by atoms with Crippen molar-refractivity contribution in [2.75, 3.05) is 19.6 Å². The fourth-order valence-corrected chi connectivity index (χ4v) is 0.739. The van der Waals surface area contributed by atoms with Crippen molar-refractivity contribution in [1.82, 2.24) is 5.01 Å². The van der Waals surface area contributed by atoms with Gasteiger partial charge in [0.25, 0.3) is 0 Å². The molecule has 0 heterocycles. The summed E-state index contributed by atoms with van der Waals surface area (Å²) in [4.78, 5) is 12.7. The normalized spacial score (nSPS) is 8.75. The molecule has 0 rings (SSSR count). The molecule has 68 valence electrons. The van der Waals surface area contributed by atoms with Crippen LogP contribution in [-0.4, -0.2) is 24.6 Å². The summed E-state index contributed by atoms with van der Waals surface area (Å²) in [6.07, 6.45) is 1.95. The topological polar surface area (TPSA) is 81.4 Å². The zero-order valence-corrected chi connectivity index (χ0v) is 7.18. The Hall–Kier alpha value is -1.29. The summed E-state index contributed by atoms with van der Waals surface area (Å²) < 4.78 is 0. The number of nitrogens with zero attached hydrogens (tertiary/aromatic N) is 5. The van der Waals surface area contributed by atoms with E-state index in [4.69, 9.17) is 5.53 Å². The van der Waals surface area contributed by atoms with Gasteiger partial charge in [0.05, 0.1) is 5.29 Å². The van der Waals surface area contributed by atoms with Crippen molar-refractivity contribution in [1.29, 1.82) is 0 Å². The molecule has 0 saturated carbocycles. The molecule has 0 aromatic heterocycles. The zero-order valence-electron chi connectivity index (χ0n) is 7.18. The van der Waals surface area contributed by atoms with Gasteiger partial charge in [-0.1, -0.05) is 18.5 Å². The molecule has 0 aromatic carbocycles. The van der Waals surface area contributed by atoms with E-state index in [2.05, 4.69) is 15.3 Å². The summed E-state index contributed by atoms with van der Waals surface area (Å²) in [6, 6.07) is 0. The Morgan fingerprint density at radius 2 is 2.25 bits per heavy atom. The summed E-state index contributed by atoms with van der Waals surface area (Å²) in [5, 5.41) is 7.48. The lowest BCUT2D eigenvalue weighted by atomic mass is 10.3. The molecular weight excluding hydrogens is 158 g/mol. The SMILES string of the molecule is CCCCN(CCN=[N+]=[N-])N=O. The third-order valence-corrected chi connectivity index (χ3v) is 1.41. The molecule has 6 heteroatoms. The minimum Gasteiger partial charge on any atom is -0.261 e. The van der Waals surface area contributed by atoms with Crippen molar-refractivity contribution in [2.24, 2.45) is 10.4 Å². The van der Waals surface area contributed by atoms with Gasteiger partial charge in [0, 0.05) is 24.5 Å². The van der Waals surface area contributed by atoms with Gasteiger partial charge in [-0.05, 0) is 12.0 Å². The van der Waals surface area contributed by atoms with E-state index in [9.17, 15) is 4.91 Å². The molecule has 0 bridgehead atoms. The molecule has 0 aliphatic carbocycles. The molecule has 0 N–H and O–H groups in total. The van der Waals surface area contributed by atoms with E-state index in [1.54, 1.807) is 0 Å². The molecule has 0 aliphatic heterocycles. The Balaban J connectivity index is 3.52. The molecule has 12 heavy (non-hydrogen) atoms. The van der Waals surface area contributed by atoms with E-state index >= 15 is 0 Å². The van der Waals surface area contributed by atoms with Crippen molar-refractivity contribution in [3.63, 3.8) is 0 Å². The maximum atomic E-state index is 10.1. The minimum atomic E-state index is 0.298.